The van der Waals surface area contributed by atoms with E-state index in [1.807, 2.05) is 47.2 Å². The Bertz CT molecular complexity index is 1030. The summed E-state index contributed by atoms with van der Waals surface area (Å²) in [6, 6.07) is 13.4. The van der Waals surface area contributed by atoms with Crippen LogP contribution in [0.2, 0.25) is 0 Å². The van der Waals surface area contributed by atoms with Crippen LogP contribution in [0.25, 0.3) is 9.88 Å². The van der Waals surface area contributed by atoms with Crippen molar-refractivity contribution in [3.63, 3.8) is 0 Å². The summed E-state index contributed by atoms with van der Waals surface area (Å²) in [6.07, 6.45) is 3.66. The molecular weight excluding hydrogens is 396 g/mol. The molecule has 0 radical (unpaired) electrons. The monoisotopic (exact) mass is 410 g/mol. The first-order chi connectivity index (χ1) is 13.3. The fourth-order valence-electron chi connectivity index (χ4n) is 2.33. The molecule has 0 spiro atoms. The number of thiophene rings is 1. The molecule has 4 aromatic rings. The molecule has 0 saturated carbocycles. The maximum atomic E-state index is 12.4. The number of pyridine rings is 2. The van der Waals surface area contributed by atoms with Gasteiger partial charge in [0.25, 0.3) is 0 Å². The van der Waals surface area contributed by atoms with Crippen LogP contribution in [-0.4, -0.2) is 20.9 Å². The molecule has 5 nitrogen and oxygen atoms in total. The molecule has 0 fully saturated rings. The van der Waals surface area contributed by atoms with Crippen LogP contribution in [0.1, 0.15) is 5.69 Å². The van der Waals surface area contributed by atoms with Gasteiger partial charge in [0.2, 0.25) is 5.91 Å². The predicted molar refractivity (Wildman–Crippen MR) is 110 cm³/mol. The number of nitrogens with one attached hydrogen (secondary N) is 1. The zero-order chi connectivity index (χ0) is 18.5. The van der Waals surface area contributed by atoms with Crippen molar-refractivity contribution in [2.75, 3.05) is 5.32 Å². The van der Waals surface area contributed by atoms with Gasteiger partial charge in [-0.15, -0.1) is 22.7 Å². The second-order valence-corrected chi connectivity index (χ2v) is 8.35. The molecule has 1 amide bonds. The zero-order valence-electron chi connectivity index (χ0n) is 14.0. The molecule has 0 unspecified atom stereocenters. The maximum absolute atomic E-state index is 12.4. The van der Waals surface area contributed by atoms with E-state index in [0.717, 1.165) is 25.6 Å². The number of hydrogen-bond acceptors (Lipinski definition) is 7. The third-order valence-corrected chi connectivity index (χ3v) is 6.30. The van der Waals surface area contributed by atoms with Gasteiger partial charge in [-0.2, -0.15) is 0 Å². The number of anilines is 1. The first kappa shape index (κ1) is 17.8. The molecule has 0 aromatic carbocycles. The van der Waals surface area contributed by atoms with Gasteiger partial charge in [-0.1, -0.05) is 23.9 Å². The summed E-state index contributed by atoms with van der Waals surface area (Å²) >= 11 is 4.66. The zero-order valence-corrected chi connectivity index (χ0v) is 16.5. The van der Waals surface area contributed by atoms with Gasteiger partial charge in [0.1, 0.15) is 15.1 Å². The lowest BCUT2D eigenvalue weighted by atomic mass is 10.3. The third kappa shape index (κ3) is 4.79. The molecule has 0 aliphatic carbocycles. The van der Waals surface area contributed by atoms with Crippen LogP contribution in [0.5, 0.6) is 0 Å². The van der Waals surface area contributed by atoms with Crippen molar-refractivity contribution in [2.24, 2.45) is 0 Å². The molecule has 0 atom stereocenters. The minimum Gasteiger partial charge on any atom is -0.326 e. The average Bonchev–Trinajstić information content (AvgIpc) is 3.34. The van der Waals surface area contributed by atoms with Crippen molar-refractivity contribution >= 4 is 46.0 Å². The van der Waals surface area contributed by atoms with Gasteiger partial charge in [0.05, 0.1) is 17.0 Å². The fourth-order valence-corrected chi connectivity index (χ4v) is 4.74. The molecule has 4 aromatic heterocycles. The van der Waals surface area contributed by atoms with E-state index in [1.165, 1.54) is 11.8 Å². The number of hydrogen-bond donors (Lipinski definition) is 1. The summed E-state index contributed by atoms with van der Waals surface area (Å²) in [5.74, 6) is -0.0991. The molecular formula is C19H14N4OS3. The summed E-state index contributed by atoms with van der Waals surface area (Å²) in [6.45, 7) is 0. The first-order valence-corrected chi connectivity index (χ1v) is 10.7. The number of nitrogens with zero attached hydrogens (tertiary/aromatic N) is 3. The number of thiazole rings is 1. The average molecular weight is 411 g/mol. The first-order valence-electron chi connectivity index (χ1n) is 8.09. The van der Waals surface area contributed by atoms with Crippen molar-refractivity contribution in [1.82, 2.24) is 15.0 Å². The minimum absolute atomic E-state index is 0.0991. The van der Waals surface area contributed by atoms with Gasteiger partial charge in [0, 0.05) is 23.5 Å². The number of rotatable bonds is 6. The van der Waals surface area contributed by atoms with Gasteiger partial charge in [-0.05, 0) is 35.7 Å². The highest BCUT2D eigenvalue weighted by Crippen LogP contribution is 2.28. The summed E-state index contributed by atoms with van der Waals surface area (Å²) in [7, 11) is 0. The maximum Gasteiger partial charge on any atom is 0.230 e. The molecule has 0 aliphatic rings. The quantitative estimate of drug-likeness (QED) is 0.485. The second-order valence-electron chi connectivity index (χ2n) is 5.50. The van der Waals surface area contributed by atoms with Crippen molar-refractivity contribution in [3.8, 4) is 9.88 Å². The lowest BCUT2D eigenvalue weighted by molar-refractivity contribution is -0.115. The van der Waals surface area contributed by atoms with E-state index in [2.05, 4.69) is 20.3 Å². The molecule has 4 heterocycles. The summed E-state index contributed by atoms with van der Waals surface area (Å²) in [5, 5.41) is 9.46. The summed E-state index contributed by atoms with van der Waals surface area (Å²) in [5.41, 5.74) is 1.49. The van der Waals surface area contributed by atoms with Crippen molar-refractivity contribution < 1.29 is 4.79 Å². The highest BCUT2D eigenvalue weighted by molar-refractivity contribution is 7.99. The molecule has 0 aliphatic heterocycles. The predicted octanol–water partition coefficient (Wildman–Crippen LogP) is 4.99. The van der Waals surface area contributed by atoms with E-state index in [9.17, 15) is 4.79 Å². The molecule has 4 rings (SSSR count). The molecule has 0 bridgehead atoms. The Labute approximate surface area is 168 Å². The summed E-state index contributed by atoms with van der Waals surface area (Å²) < 4.78 is 0. The Balaban J connectivity index is 1.39. The van der Waals surface area contributed by atoms with Crippen LogP contribution in [0.4, 0.5) is 5.69 Å². The van der Waals surface area contributed by atoms with E-state index < -0.39 is 0 Å². The van der Waals surface area contributed by atoms with Crippen LogP contribution < -0.4 is 5.32 Å². The van der Waals surface area contributed by atoms with E-state index in [1.54, 1.807) is 41.1 Å². The minimum atomic E-state index is -0.0991. The van der Waals surface area contributed by atoms with Crippen LogP contribution in [0.3, 0.4) is 0 Å². The van der Waals surface area contributed by atoms with Gasteiger partial charge in [0.15, 0.2) is 0 Å². The highest BCUT2D eigenvalue weighted by atomic mass is 32.2. The van der Waals surface area contributed by atoms with Crippen LogP contribution in [0.15, 0.2) is 75.7 Å². The Morgan fingerprint density at radius 2 is 1.96 bits per heavy atom. The second kappa shape index (κ2) is 8.43. The van der Waals surface area contributed by atoms with Gasteiger partial charge < -0.3 is 5.32 Å². The van der Waals surface area contributed by atoms with Crippen molar-refractivity contribution in [2.45, 2.75) is 16.5 Å². The largest absolute Gasteiger partial charge is 0.326 e. The lowest BCUT2D eigenvalue weighted by Crippen LogP contribution is -2.14. The van der Waals surface area contributed by atoms with Gasteiger partial charge >= 0.3 is 0 Å². The third-order valence-electron chi connectivity index (χ3n) is 3.49. The normalized spacial score (nSPS) is 10.7. The Kier molecular flexibility index (Phi) is 5.57. The van der Waals surface area contributed by atoms with E-state index in [0.29, 0.717) is 5.69 Å². The molecule has 0 saturated heterocycles. The summed E-state index contributed by atoms with van der Waals surface area (Å²) in [4.78, 5) is 26.6. The molecule has 134 valence electrons. The molecule has 27 heavy (non-hydrogen) atoms. The number of carbonyl (C=O) groups excluding carboxylic acids is 1. The lowest BCUT2D eigenvalue weighted by Gasteiger charge is -2.06. The smallest absolute Gasteiger partial charge is 0.230 e. The number of aromatic nitrogens is 3. The van der Waals surface area contributed by atoms with Crippen LogP contribution in [-0.2, 0) is 11.2 Å². The topological polar surface area (TPSA) is 67.8 Å². The number of amides is 1. The fraction of sp³-hybridized carbons (Fsp3) is 0.0526. The number of carbonyl (C=O) groups is 1. The SMILES string of the molecule is O=C(Cc1csc(-c2cccs2)n1)Nc1ccnc(Sc2ccccn2)c1. The van der Waals surface area contributed by atoms with Crippen LogP contribution in [0, 0.1) is 0 Å². The molecule has 8 heteroatoms. The van der Waals surface area contributed by atoms with Gasteiger partial charge in [-0.3, -0.25) is 4.79 Å². The molecule has 1 N–H and O–H groups in total. The van der Waals surface area contributed by atoms with Crippen molar-refractivity contribution in [3.05, 3.63) is 71.3 Å². The Morgan fingerprint density at radius 3 is 2.78 bits per heavy atom. The highest BCUT2D eigenvalue weighted by Gasteiger charge is 2.10. The van der Waals surface area contributed by atoms with Crippen LogP contribution >= 0.6 is 34.4 Å². The van der Waals surface area contributed by atoms with Gasteiger partial charge in [-0.25, -0.2) is 15.0 Å². The Hall–Kier alpha value is -2.55. The van der Waals surface area contributed by atoms with Crippen molar-refractivity contribution in [1.29, 1.82) is 0 Å². The van der Waals surface area contributed by atoms with E-state index >= 15 is 0 Å². The van der Waals surface area contributed by atoms with E-state index in [4.69, 9.17) is 0 Å². The van der Waals surface area contributed by atoms with E-state index in [-0.39, 0.29) is 12.3 Å². The Morgan fingerprint density at radius 1 is 1.04 bits per heavy atom. The standard InChI is InChI=1S/C19H14N4OS3/c24-16(10-14-12-26-19(23-14)15-4-3-9-25-15)22-13-6-8-21-18(11-13)27-17-5-1-2-7-20-17/h1-9,11-12H,10H2,(H,21,22,24).